The molecule has 1 aliphatic rings. The number of aliphatic carboxylic acids is 1. The van der Waals surface area contributed by atoms with Crippen LogP contribution in [0.1, 0.15) is 18.5 Å². The van der Waals surface area contributed by atoms with E-state index < -0.39 is 17.3 Å². The van der Waals surface area contributed by atoms with Crippen molar-refractivity contribution >= 4 is 17.6 Å². The molecule has 22 heavy (non-hydrogen) atoms. The highest BCUT2D eigenvalue weighted by molar-refractivity contribution is 6.10. The molecule has 1 aromatic heterocycles. The van der Waals surface area contributed by atoms with Crippen molar-refractivity contribution in [2.75, 3.05) is 5.32 Å². The number of nitrogens with one attached hydrogen (secondary N) is 1. The summed E-state index contributed by atoms with van der Waals surface area (Å²) in [5.41, 5.74) is 1.03. The lowest BCUT2D eigenvalue weighted by molar-refractivity contribution is -0.147. The Morgan fingerprint density at radius 1 is 1.18 bits per heavy atom. The van der Waals surface area contributed by atoms with Crippen LogP contribution >= 0.6 is 0 Å². The summed E-state index contributed by atoms with van der Waals surface area (Å²) in [4.78, 5) is 31.7. The van der Waals surface area contributed by atoms with Crippen molar-refractivity contribution in [1.82, 2.24) is 9.97 Å². The molecule has 0 spiro atoms. The van der Waals surface area contributed by atoms with Gasteiger partial charge in [0.2, 0.25) is 5.91 Å². The molecule has 3 rings (SSSR count). The minimum Gasteiger partial charge on any atom is -0.480 e. The Morgan fingerprint density at radius 3 is 2.41 bits per heavy atom. The zero-order valence-electron chi connectivity index (χ0n) is 12.0. The zero-order valence-corrected chi connectivity index (χ0v) is 12.0. The van der Waals surface area contributed by atoms with E-state index in [9.17, 15) is 9.59 Å². The van der Waals surface area contributed by atoms with Crippen LogP contribution < -0.4 is 5.32 Å². The summed E-state index contributed by atoms with van der Waals surface area (Å²) >= 11 is 0. The van der Waals surface area contributed by atoms with E-state index in [4.69, 9.17) is 5.11 Å². The summed E-state index contributed by atoms with van der Waals surface area (Å²) in [7, 11) is 0. The number of nitrogens with zero attached hydrogens (tertiary/aromatic N) is 2. The van der Waals surface area contributed by atoms with Crippen LogP contribution in [-0.4, -0.2) is 27.0 Å². The van der Waals surface area contributed by atoms with Gasteiger partial charge in [0.05, 0.1) is 0 Å². The number of hydrogen-bond acceptors (Lipinski definition) is 4. The third kappa shape index (κ3) is 2.55. The Morgan fingerprint density at radius 2 is 1.86 bits per heavy atom. The molecule has 112 valence electrons. The number of rotatable bonds is 4. The van der Waals surface area contributed by atoms with Crippen molar-refractivity contribution in [3.63, 3.8) is 0 Å². The standard InChI is InChI=1S/C16H15N3O3/c1-10-6-9-17-13(18-10)11-2-4-12(5-3-11)19-14(20)16(7-8-16)15(21)22/h2-6,9H,7-8H2,1H3,(H,19,20)(H,21,22). The predicted octanol–water partition coefficient (Wildman–Crippen LogP) is 2.26. The van der Waals surface area contributed by atoms with Gasteiger partial charge in [0.15, 0.2) is 5.82 Å². The molecule has 1 saturated carbocycles. The van der Waals surface area contributed by atoms with E-state index in [0.717, 1.165) is 11.3 Å². The number of carboxylic acids is 1. The van der Waals surface area contributed by atoms with Gasteiger partial charge in [-0.3, -0.25) is 9.59 Å². The maximum absolute atomic E-state index is 12.0. The normalized spacial score (nSPS) is 15.1. The van der Waals surface area contributed by atoms with Crippen molar-refractivity contribution in [1.29, 1.82) is 0 Å². The maximum Gasteiger partial charge on any atom is 0.319 e. The van der Waals surface area contributed by atoms with Crippen LogP contribution in [0.3, 0.4) is 0 Å². The number of hydrogen-bond donors (Lipinski definition) is 2. The van der Waals surface area contributed by atoms with E-state index in [1.165, 1.54) is 0 Å². The molecule has 0 unspecified atom stereocenters. The summed E-state index contributed by atoms with van der Waals surface area (Å²) in [5, 5.41) is 11.7. The number of amides is 1. The van der Waals surface area contributed by atoms with Crippen LogP contribution in [0.2, 0.25) is 0 Å². The van der Waals surface area contributed by atoms with Crippen molar-refractivity contribution < 1.29 is 14.7 Å². The molecule has 0 radical (unpaired) electrons. The first kappa shape index (κ1) is 14.2. The highest BCUT2D eigenvalue weighted by Gasteiger charge is 2.57. The number of carbonyl (C=O) groups is 2. The van der Waals surface area contributed by atoms with Gasteiger partial charge in [-0.25, -0.2) is 9.97 Å². The zero-order chi connectivity index (χ0) is 15.7. The molecular formula is C16H15N3O3. The molecule has 2 N–H and O–H groups in total. The van der Waals surface area contributed by atoms with Gasteiger partial charge in [0.25, 0.3) is 0 Å². The van der Waals surface area contributed by atoms with Crippen LogP contribution in [0.5, 0.6) is 0 Å². The Labute approximate surface area is 127 Å². The van der Waals surface area contributed by atoms with Crippen molar-refractivity contribution in [2.45, 2.75) is 19.8 Å². The van der Waals surface area contributed by atoms with E-state index in [1.807, 2.05) is 13.0 Å². The van der Waals surface area contributed by atoms with Crippen molar-refractivity contribution in [3.8, 4) is 11.4 Å². The number of anilines is 1. The summed E-state index contributed by atoms with van der Waals surface area (Å²) < 4.78 is 0. The third-order valence-corrected chi connectivity index (χ3v) is 3.79. The molecule has 2 aromatic rings. The molecule has 1 aromatic carbocycles. The van der Waals surface area contributed by atoms with Crippen LogP contribution in [0.4, 0.5) is 5.69 Å². The Kier molecular flexibility index (Phi) is 3.36. The second kappa shape index (κ2) is 5.22. The lowest BCUT2D eigenvalue weighted by Gasteiger charge is -2.11. The van der Waals surface area contributed by atoms with Gasteiger partial charge in [-0.15, -0.1) is 0 Å². The second-order valence-electron chi connectivity index (χ2n) is 5.44. The summed E-state index contributed by atoms with van der Waals surface area (Å²) in [5.74, 6) is -0.906. The largest absolute Gasteiger partial charge is 0.480 e. The van der Waals surface area contributed by atoms with E-state index in [2.05, 4.69) is 15.3 Å². The molecule has 0 saturated heterocycles. The average molecular weight is 297 g/mol. The molecule has 1 heterocycles. The Hall–Kier alpha value is -2.76. The first-order chi connectivity index (χ1) is 10.5. The maximum atomic E-state index is 12.0. The quantitative estimate of drug-likeness (QED) is 0.844. The minimum atomic E-state index is -1.24. The van der Waals surface area contributed by atoms with Crippen molar-refractivity contribution in [2.24, 2.45) is 5.41 Å². The lowest BCUT2D eigenvalue weighted by Crippen LogP contribution is -2.31. The van der Waals surface area contributed by atoms with Gasteiger partial charge in [0, 0.05) is 23.1 Å². The number of carbonyl (C=O) groups excluding carboxylic acids is 1. The number of aryl methyl sites for hydroxylation is 1. The van der Waals surface area contributed by atoms with Gasteiger partial charge in [0.1, 0.15) is 5.41 Å². The van der Waals surface area contributed by atoms with E-state index in [0.29, 0.717) is 24.4 Å². The Balaban J connectivity index is 1.75. The lowest BCUT2D eigenvalue weighted by atomic mass is 10.1. The van der Waals surface area contributed by atoms with Gasteiger partial charge in [-0.1, -0.05) is 0 Å². The smallest absolute Gasteiger partial charge is 0.319 e. The van der Waals surface area contributed by atoms with E-state index >= 15 is 0 Å². The summed E-state index contributed by atoms with van der Waals surface area (Å²) in [6, 6.07) is 8.85. The topological polar surface area (TPSA) is 92.2 Å². The number of aromatic nitrogens is 2. The second-order valence-corrected chi connectivity index (χ2v) is 5.44. The molecule has 1 aliphatic carbocycles. The van der Waals surface area contributed by atoms with E-state index in [1.54, 1.807) is 30.5 Å². The minimum absolute atomic E-state index is 0.392. The first-order valence-electron chi connectivity index (χ1n) is 6.96. The van der Waals surface area contributed by atoms with Crippen molar-refractivity contribution in [3.05, 3.63) is 42.2 Å². The fraction of sp³-hybridized carbons (Fsp3) is 0.250. The number of carboxylic acid groups (broad SMARTS) is 1. The van der Waals surface area contributed by atoms with Crippen LogP contribution in [0.15, 0.2) is 36.5 Å². The Bertz CT molecular complexity index is 737. The van der Waals surface area contributed by atoms with Gasteiger partial charge in [-0.2, -0.15) is 0 Å². The summed E-state index contributed by atoms with van der Waals surface area (Å²) in [6.07, 6.45) is 2.48. The molecule has 0 aliphatic heterocycles. The molecule has 6 heteroatoms. The highest BCUT2D eigenvalue weighted by atomic mass is 16.4. The third-order valence-electron chi connectivity index (χ3n) is 3.79. The van der Waals surface area contributed by atoms with Gasteiger partial charge in [-0.05, 0) is 50.1 Å². The molecule has 0 atom stereocenters. The predicted molar refractivity (Wildman–Crippen MR) is 80.1 cm³/mol. The van der Waals surface area contributed by atoms with Gasteiger partial charge < -0.3 is 10.4 Å². The fourth-order valence-electron chi connectivity index (χ4n) is 2.20. The summed E-state index contributed by atoms with van der Waals surface area (Å²) in [6.45, 7) is 1.89. The fourth-order valence-corrected chi connectivity index (χ4v) is 2.20. The van der Waals surface area contributed by atoms with Crippen LogP contribution in [0, 0.1) is 12.3 Å². The molecule has 1 amide bonds. The highest BCUT2D eigenvalue weighted by Crippen LogP contribution is 2.46. The number of benzene rings is 1. The monoisotopic (exact) mass is 297 g/mol. The average Bonchev–Trinajstić information content (AvgIpc) is 3.30. The molecular weight excluding hydrogens is 282 g/mol. The SMILES string of the molecule is Cc1ccnc(-c2ccc(NC(=O)C3(C(=O)O)CC3)cc2)n1. The van der Waals surface area contributed by atoms with Crippen LogP contribution in [-0.2, 0) is 9.59 Å². The van der Waals surface area contributed by atoms with Gasteiger partial charge >= 0.3 is 5.97 Å². The molecule has 6 nitrogen and oxygen atoms in total. The van der Waals surface area contributed by atoms with Crippen LogP contribution in [0.25, 0.3) is 11.4 Å². The molecule has 0 bridgehead atoms. The first-order valence-corrected chi connectivity index (χ1v) is 6.96. The van der Waals surface area contributed by atoms with E-state index in [-0.39, 0.29) is 0 Å². The molecule has 1 fully saturated rings.